The van der Waals surface area contributed by atoms with Crippen LogP contribution in [0.1, 0.15) is 64.9 Å². The molecule has 0 spiro atoms. The van der Waals surface area contributed by atoms with Gasteiger partial charge in [0.05, 0.1) is 18.8 Å². The highest BCUT2D eigenvalue weighted by Gasteiger charge is 2.53. The van der Waals surface area contributed by atoms with Gasteiger partial charge in [0, 0.05) is 13.1 Å². The number of hydrogen-bond acceptors (Lipinski definition) is 6. The van der Waals surface area contributed by atoms with Gasteiger partial charge >= 0.3 is 6.09 Å². The monoisotopic (exact) mass is 462 g/mol. The Morgan fingerprint density at radius 2 is 1.94 bits per heavy atom. The Labute approximate surface area is 198 Å². The maximum Gasteiger partial charge on any atom is 0.412 e. The molecular weight excluding hydrogens is 420 g/mol. The molecule has 1 aliphatic carbocycles. The minimum absolute atomic E-state index is 0.0427. The van der Waals surface area contributed by atoms with Crippen molar-refractivity contribution in [2.75, 3.05) is 26.2 Å². The summed E-state index contributed by atoms with van der Waals surface area (Å²) in [6, 6.07) is 9.41. The predicted molar refractivity (Wildman–Crippen MR) is 128 cm³/mol. The first-order valence-corrected chi connectivity index (χ1v) is 12.5. The topological polar surface area (TPSA) is 82.5 Å². The van der Waals surface area contributed by atoms with Crippen molar-refractivity contribution in [3.63, 3.8) is 0 Å². The lowest BCUT2D eigenvalue weighted by atomic mass is 9.82. The van der Waals surface area contributed by atoms with E-state index in [0.717, 1.165) is 31.4 Å². The second-order valence-electron chi connectivity index (χ2n) is 9.93. The molecule has 2 fully saturated rings. The van der Waals surface area contributed by atoms with Gasteiger partial charge in [0.25, 0.3) is 0 Å². The Kier molecular flexibility index (Phi) is 9.56. The number of rotatable bonds is 10. The third-order valence-electron chi connectivity index (χ3n) is 7.10. The summed E-state index contributed by atoms with van der Waals surface area (Å²) in [5.41, 5.74) is 0.0547. The van der Waals surface area contributed by atoms with Gasteiger partial charge in [0.2, 0.25) is 0 Å². The smallest absolute Gasteiger partial charge is 0.412 e. The maximum absolute atomic E-state index is 13.3. The summed E-state index contributed by atoms with van der Waals surface area (Å²) >= 11 is 0. The number of carbonyl (C=O) groups is 1. The number of ether oxygens (including phenoxy) is 2. The molecule has 1 heterocycles. The van der Waals surface area contributed by atoms with Crippen LogP contribution in [0.3, 0.4) is 0 Å². The van der Waals surface area contributed by atoms with E-state index in [1.54, 1.807) is 4.90 Å². The van der Waals surface area contributed by atoms with E-state index in [2.05, 4.69) is 0 Å². The van der Waals surface area contributed by atoms with Crippen LogP contribution < -0.4 is 0 Å². The molecule has 2 N–H and O–H groups in total. The lowest BCUT2D eigenvalue weighted by Gasteiger charge is -2.35. The minimum atomic E-state index is -0.882. The third-order valence-corrected chi connectivity index (χ3v) is 7.10. The number of benzene rings is 1. The van der Waals surface area contributed by atoms with Crippen molar-refractivity contribution in [1.82, 2.24) is 9.80 Å². The Morgan fingerprint density at radius 3 is 2.58 bits per heavy atom. The molecule has 7 nitrogen and oxygen atoms in total. The summed E-state index contributed by atoms with van der Waals surface area (Å²) in [4.78, 5) is 17.1. The van der Waals surface area contributed by atoms with Crippen molar-refractivity contribution in [1.29, 1.82) is 0 Å². The van der Waals surface area contributed by atoms with E-state index < -0.39 is 24.0 Å². The summed E-state index contributed by atoms with van der Waals surface area (Å²) in [7, 11) is 0. The van der Waals surface area contributed by atoms with E-state index in [9.17, 15) is 15.0 Å². The largest absolute Gasteiger partial charge is 0.444 e. The first-order valence-electron chi connectivity index (χ1n) is 12.5. The fourth-order valence-corrected chi connectivity index (χ4v) is 5.39. The number of aliphatic hydroxyl groups excluding tert-OH is 2. The molecule has 0 radical (unpaired) electrons. The van der Waals surface area contributed by atoms with E-state index >= 15 is 0 Å². The van der Waals surface area contributed by atoms with Crippen LogP contribution >= 0.6 is 0 Å². The zero-order valence-corrected chi connectivity index (χ0v) is 20.5. The van der Waals surface area contributed by atoms with Gasteiger partial charge in [-0.1, -0.05) is 69.4 Å². The summed E-state index contributed by atoms with van der Waals surface area (Å²) in [6.07, 6.45) is 5.14. The van der Waals surface area contributed by atoms with Gasteiger partial charge in [-0.05, 0) is 38.3 Å². The standard InChI is InChI=1S/C26H42N2O5/c1-4-27(15-16-29)18-23(30)24-22(17-20-11-7-5-8-12-20)28(26(2,3)33-24)25(31)32-19-21-13-9-6-10-14-21/h6,9-10,13-14,20,22-24,29-30H,4-5,7-8,11-12,15-19H2,1-3H3/t22-,23?,24?/m0/s1. The van der Waals surface area contributed by atoms with E-state index in [0.29, 0.717) is 19.0 Å². The molecule has 1 saturated carbocycles. The van der Waals surface area contributed by atoms with Crippen LogP contribution in [0.25, 0.3) is 0 Å². The van der Waals surface area contributed by atoms with Gasteiger partial charge in [0.15, 0.2) is 0 Å². The van der Waals surface area contributed by atoms with Crippen LogP contribution in [0.5, 0.6) is 0 Å². The van der Waals surface area contributed by atoms with Crippen LogP contribution in [0, 0.1) is 5.92 Å². The molecule has 0 bridgehead atoms. The SMILES string of the molecule is CCN(CCO)CC(O)C1OC(C)(C)N(C(=O)OCc2ccccc2)[C@H]1CC1CCCCC1. The van der Waals surface area contributed by atoms with Crippen LogP contribution in [0.4, 0.5) is 4.79 Å². The lowest BCUT2D eigenvalue weighted by molar-refractivity contribution is -0.104. The molecule has 1 saturated heterocycles. The van der Waals surface area contributed by atoms with Gasteiger partial charge in [-0.3, -0.25) is 9.80 Å². The Balaban J connectivity index is 1.77. The van der Waals surface area contributed by atoms with Crippen molar-refractivity contribution in [2.45, 2.75) is 89.9 Å². The highest BCUT2D eigenvalue weighted by atomic mass is 16.6. The number of nitrogens with zero attached hydrogens (tertiary/aromatic N) is 2. The van der Waals surface area contributed by atoms with Crippen LogP contribution in [-0.4, -0.2) is 76.3 Å². The molecule has 7 heteroatoms. The molecule has 2 aliphatic rings. The molecule has 33 heavy (non-hydrogen) atoms. The maximum atomic E-state index is 13.3. The average Bonchev–Trinajstić information content (AvgIpc) is 3.08. The van der Waals surface area contributed by atoms with E-state index in [-0.39, 0.29) is 19.3 Å². The van der Waals surface area contributed by atoms with Crippen molar-refractivity contribution in [2.24, 2.45) is 5.92 Å². The highest BCUT2D eigenvalue weighted by Crippen LogP contribution is 2.40. The number of likely N-dealkylation sites (N-methyl/N-ethyl adjacent to an activating group) is 1. The number of aliphatic hydroxyl groups is 2. The number of hydrogen-bond donors (Lipinski definition) is 2. The van der Waals surface area contributed by atoms with Crippen LogP contribution in [-0.2, 0) is 16.1 Å². The molecule has 3 atom stereocenters. The normalized spacial score (nSPS) is 24.2. The Bertz CT molecular complexity index is 723. The van der Waals surface area contributed by atoms with Gasteiger partial charge in [0.1, 0.15) is 18.4 Å². The second kappa shape index (κ2) is 12.2. The van der Waals surface area contributed by atoms with Crippen molar-refractivity contribution in [3.05, 3.63) is 35.9 Å². The van der Waals surface area contributed by atoms with Gasteiger partial charge < -0.3 is 19.7 Å². The summed E-state index contributed by atoms with van der Waals surface area (Å²) < 4.78 is 12.1. The first-order chi connectivity index (χ1) is 15.9. The zero-order chi connectivity index (χ0) is 23.8. The second-order valence-corrected chi connectivity index (χ2v) is 9.93. The van der Waals surface area contributed by atoms with Gasteiger partial charge in [-0.25, -0.2) is 4.79 Å². The first kappa shape index (κ1) is 25.9. The molecule has 1 amide bonds. The minimum Gasteiger partial charge on any atom is -0.444 e. The summed E-state index contributed by atoms with van der Waals surface area (Å²) in [6.45, 7) is 7.63. The number of carbonyl (C=O) groups excluding carboxylic acids is 1. The van der Waals surface area contributed by atoms with Gasteiger partial charge in [-0.15, -0.1) is 0 Å². The molecule has 1 aromatic carbocycles. The van der Waals surface area contributed by atoms with E-state index in [1.807, 2.05) is 56.0 Å². The molecule has 1 aliphatic heterocycles. The Hall–Kier alpha value is -1.67. The Morgan fingerprint density at radius 1 is 1.24 bits per heavy atom. The third kappa shape index (κ3) is 6.92. The summed E-state index contributed by atoms with van der Waals surface area (Å²) in [5.74, 6) is 0.514. The molecule has 186 valence electrons. The molecule has 3 rings (SSSR count). The predicted octanol–water partition coefficient (Wildman–Crippen LogP) is 3.77. The molecule has 2 unspecified atom stereocenters. The van der Waals surface area contributed by atoms with Crippen LogP contribution in [0.15, 0.2) is 30.3 Å². The quantitative estimate of drug-likeness (QED) is 0.551. The van der Waals surface area contributed by atoms with Crippen LogP contribution in [0.2, 0.25) is 0 Å². The van der Waals surface area contributed by atoms with Crippen molar-refractivity contribution in [3.8, 4) is 0 Å². The highest BCUT2D eigenvalue weighted by molar-refractivity contribution is 5.69. The fourth-order valence-electron chi connectivity index (χ4n) is 5.39. The fraction of sp³-hybridized carbons (Fsp3) is 0.731. The molecule has 0 aromatic heterocycles. The molecular formula is C26H42N2O5. The van der Waals surface area contributed by atoms with Crippen molar-refractivity contribution < 1.29 is 24.5 Å². The summed E-state index contributed by atoms with van der Waals surface area (Å²) in [5, 5.41) is 20.5. The lowest BCUT2D eigenvalue weighted by Crippen LogP contribution is -2.51. The van der Waals surface area contributed by atoms with E-state index in [4.69, 9.17) is 9.47 Å². The number of amides is 1. The molecule has 1 aromatic rings. The van der Waals surface area contributed by atoms with Gasteiger partial charge in [-0.2, -0.15) is 0 Å². The van der Waals surface area contributed by atoms with E-state index in [1.165, 1.54) is 19.3 Å². The zero-order valence-electron chi connectivity index (χ0n) is 20.5. The van der Waals surface area contributed by atoms with Crippen molar-refractivity contribution >= 4 is 6.09 Å². The average molecular weight is 463 g/mol.